The Morgan fingerprint density at radius 3 is 2.62 bits per heavy atom. The van der Waals surface area contributed by atoms with E-state index in [9.17, 15) is 4.39 Å². The molecule has 1 saturated carbocycles. The van der Waals surface area contributed by atoms with Gasteiger partial charge in [-0.2, -0.15) is 0 Å². The summed E-state index contributed by atoms with van der Waals surface area (Å²) in [6.07, 6.45) is 8.95. The van der Waals surface area contributed by atoms with E-state index in [1.807, 2.05) is 24.1 Å². The van der Waals surface area contributed by atoms with Gasteiger partial charge in [-0.3, -0.25) is 0 Å². The summed E-state index contributed by atoms with van der Waals surface area (Å²) in [5, 5.41) is 0.987. The summed E-state index contributed by atoms with van der Waals surface area (Å²) in [6.45, 7) is 2.62. The molecule has 0 bridgehead atoms. The summed E-state index contributed by atoms with van der Waals surface area (Å²) in [4.78, 5) is 25.7. The monoisotopic (exact) mass is 393 g/mol. The number of fused-ring (bicyclic) bond motifs is 1. The van der Waals surface area contributed by atoms with Crippen molar-refractivity contribution in [3.05, 3.63) is 42.5 Å². The average Bonchev–Trinajstić information content (AvgIpc) is 3.59. The second-order valence-electron chi connectivity index (χ2n) is 8.05. The topological polar surface area (TPSA) is 70.9 Å². The van der Waals surface area contributed by atoms with Crippen LogP contribution in [0.2, 0.25) is 0 Å². The largest absolute Gasteiger partial charge is 0.357 e. The summed E-state index contributed by atoms with van der Waals surface area (Å²) < 4.78 is 14.8. The van der Waals surface area contributed by atoms with Crippen molar-refractivity contribution in [3.63, 3.8) is 0 Å². The highest BCUT2D eigenvalue weighted by molar-refractivity contribution is 5.86. The van der Waals surface area contributed by atoms with E-state index in [1.165, 1.54) is 6.33 Å². The molecule has 2 aliphatic rings. The first-order valence-corrected chi connectivity index (χ1v) is 10.2. The third-order valence-corrected chi connectivity index (χ3v) is 5.96. The second kappa shape index (κ2) is 7.50. The van der Waals surface area contributed by atoms with Gasteiger partial charge in [0.05, 0.1) is 11.1 Å². The summed E-state index contributed by atoms with van der Waals surface area (Å²) in [7, 11) is 1.93. The molecular formula is C21H24FN7. The van der Waals surface area contributed by atoms with Crippen LogP contribution in [0.1, 0.15) is 37.3 Å². The number of nitrogens with zero attached hydrogens (tertiary/aromatic N) is 7. The SMILES string of the molecule is CN(CC1CCN(c2ncnc3ncccc23)CC1)c1ncnc(C2CC2)c1F. The highest BCUT2D eigenvalue weighted by atomic mass is 19.1. The normalized spacial score (nSPS) is 17.7. The first kappa shape index (κ1) is 18.1. The zero-order valence-corrected chi connectivity index (χ0v) is 16.5. The van der Waals surface area contributed by atoms with E-state index in [4.69, 9.17) is 0 Å². The van der Waals surface area contributed by atoms with Crippen molar-refractivity contribution in [2.75, 3.05) is 36.5 Å². The molecule has 7 nitrogen and oxygen atoms in total. The molecule has 0 spiro atoms. The van der Waals surface area contributed by atoms with Crippen LogP contribution in [0, 0.1) is 11.7 Å². The van der Waals surface area contributed by atoms with E-state index >= 15 is 0 Å². The fraction of sp³-hybridized carbons (Fsp3) is 0.476. The fourth-order valence-corrected chi connectivity index (χ4v) is 4.22. The van der Waals surface area contributed by atoms with Crippen molar-refractivity contribution in [2.24, 2.45) is 5.92 Å². The number of piperidine rings is 1. The van der Waals surface area contributed by atoms with Gasteiger partial charge in [-0.05, 0) is 43.7 Å². The fourth-order valence-electron chi connectivity index (χ4n) is 4.22. The number of aromatic nitrogens is 5. The van der Waals surface area contributed by atoms with Gasteiger partial charge in [0.25, 0.3) is 0 Å². The highest BCUT2D eigenvalue weighted by Crippen LogP contribution is 2.41. The highest BCUT2D eigenvalue weighted by Gasteiger charge is 2.31. The van der Waals surface area contributed by atoms with Crippen LogP contribution in [-0.4, -0.2) is 51.6 Å². The van der Waals surface area contributed by atoms with Crippen LogP contribution in [0.25, 0.3) is 11.0 Å². The van der Waals surface area contributed by atoms with E-state index in [1.54, 1.807) is 12.5 Å². The number of pyridine rings is 1. The molecule has 1 aliphatic carbocycles. The second-order valence-corrected chi connectivity index (χ2v) is 8.05. The number of hydrogen-bond acceptors (Lipinski definition) is 7. The summed E-state index contributed by atoms with van der Waals surface area (Å²) in [5.74, 6) is 1.91. The molecule has 3 aromatic rings. The molecule has 3 aromatic heterocycles. The maximum Gasteiger partial charge on any atom is 0.187 e. The van der Waals surface area contributed by atoms with Crippen LogP contribution in [0.5, 0.6) is 0 Å². The lowest BCUT2D eigenvalue weighted by Crippen LogP contribution is -2.38. The quantitative estimate of drug-likeness (QED) is 0.659. The standard InChI is InChI=1S/C21H24FN7/c1-28(21-17(22)18(15-4-5-15)24-12-27-21)11-14-6-9-29(10-7-14)20-16-3-2-8-23-19(16)25-13-26-20/h2-3,8,12-15H,4-7,9-11H2,1H3. The van der Waals surface area contributed by atoms with Crippen LogP contribution in [0.15, 0.2) is 31.0 Å². The van der Waals surface area contributed by atoms with Gasteiger partial charge in [-0.1, -0.05) is 0 Å². The Labute approximate surface area is 169 Å². The van der Waals surface area contributed by atoms with Gasteiger partial charge in [-0.15, -0.1) is 0 Å². The number of rotatable bonds is 5. The van der Waals surface area contributed by atoms with Gasteiger partial charge >= 0.3 is 0 Å². The van der Waals surface area contributed by atoms with Crippen molar-refractivity contribution in [2.45, 2.75) is 31.6 Å². The molecule has 0 amide bonds. The van der Waals surface area contributed by atoms with Crippen molar-refractivity contribution in [3.8, 4) is 0 Å². The molecule has 5 rings (SSSR count). The molecule has 8 heteroatoms. The van der Waals surface area contributed by atoms with Crippen molar-refractivity contribution in [1.82, 2.24) is 24.9 Å². The minimum atomic E-state index is -0.241. The molecule has 2 fully saturated rings. The van der Waals surface area contributed by atoms with E-state index in [0.29, 0.717) is 17.4 Å². The number of halogens is 1. The summed E-state index contributed by atoms with van der Waals surface area (Å²) in [5.41, 5.74) is 1.31. The zero-order chi connectivity index (χ0) is 19.8. The zero-order valence-electron chi connectivity index (χ0n) is 16.5. The van der Waals surface area contributed by atoms with Gasteiger partial charge in [0.15, 0.2) is 17.3 Å². The number of anilines is 2. The maximum absolute atomic E-state index is 14.8. The van der Waals surface area contributed by atoms with Gasteiger partial charge in [0.1, 0.15) is 18.5 Å². The van der Waals surface area contributed by atoms with Gasteiger partial charge in [0.2, 0.25) is 0 Å². The first-order valence-electron chi connectivity index (χ1n) is 10.2. The summed E-state index contributed by atoms with van der Waals surface area (Å²) >= 11 is 0. The van der Waals surface area contributed by atoms with E-state index in [-0.39, 0.29) is 11.7 Å². The molecule has 1 saturated heterocycles. The van der Waals surface area contributed by atoms with Crippen molar-refractivity contribution < 1.29 is 4.39 Å². The van der Waals surface area contributed by atoms with Crippen LogP contribution in [0.4, 0.5) is 16.0 Å². The molecule has 1 aliphatic heterocycles. The first-order chi connectivity index (χ1) is 14.2. The average molecular weight is 393 g/mol. The summed E-state index contributed by atoms with van der Waals surface area (Å²) in [6, 6.07) is 3.94. The Bertz CT molecular complexity index is 1010. The third kappa shape index (κ3) is 3.59. The molecule has 29 heavy (non-hydrogen) atoms. The Morgan fingerprint density at radius 1 is 1.03 bits per heavy atom. The van der Waals surface area contributed by atoms with Crippen LogP contribution >= 0.6 is 0 Å². The molecule has 0 aromatic carbocycles. The predicted octanol–water partition coefficient (Wildman–Crippen LogP) is 3.18. The minimum absolute atomic E-state index is 0.241. The van der Waals surface area contributed by atoms with Crippen LogP contribution in [0.3, 0.4) is 0 Å². The lowest BCUT2D eigenvalue weighted by atomic mass is 9.96. The Hall–Kier alpha value is -2.90. The molecule has 0 radical (unpaired) electrons. The predicted molar refractivity (Wildman–Crippen MR) is 110 cm³/mol. The Kier molecular flexibility index (Phi) is 4.69. The Balaban J connectivity index is 1.25. The van der Waals surface area contributed by atoms with E-state index in [2.05, 4.69) is 29.8 Å². The van der Waals surface area contributed by atoms with Crippen LogP contribution < -0.4 is 9.80 Å². The van der Waals surface area contributed by atoms with E-state index < -0.39 is 0 Å². The lowest BCUT2D eigenvalue weighted by molar-refractivity contribution is 0.405. The smallest absolute Gasteiger partial charge is 0.187 e. The van der Waals surface area contributed by atoms with Crippen molar-refractivity contribution >= 4 is 22.7 Å². The van der Waals surface area contributed by atoms with Crippen LogP contribution in [-0.2, 0) is 0 Å². The molecule has 0 N–H and O–H groups in total. The number of hydrogen-bond donors (Lipinski definition) is 0. The van der Waals surface area contributed by atoms with Crippen molar-refractivity contribution in [1.29, 1.82) is 0 Å². The van der Waals surface area contributed by atoms with Gasteiger partial charge < -0.3 is 9.80 Å². The molecule has 0 atom stereocenters. The molecule has 150 valence electrons. The lowest BCUT2D eigenvalue weighted by Gasteiger charge is -2.35. The third-order valence-electron chi connectivity index (χ3n) is 5.96. The Morgan fingerprint density at radius 2 is 1.83 bits per heavy atom. The molecular weight excluding hydrogens is 369 g/mol. The van der Waals surface area contributed by atoms with Gasteiger partial charge in [-0.25, -0.2) is 29.3 Å². The van der Waals surface area contributed by atoms with Gasteiger partial charge in [0, 0.05) is 38.8 Å². The molecule has 0 unspecified atom stereocenters. The maximum atomic E-state index is 14.8. The molecule has 4 heterocycles. The van der Waals surface area contributed by atoms with E-state index in [0.717, 1.165) is 62.2 Å². The minimum Gasteiger partial charge on any atom is -0.357 e.